The summed E-state index contributed by atoms with van der Waals surface area (Å²) in [7, 11) is 0. The largest absolute Gasteiger partial charge is 0.481 e. The number of carbonyl (C=O) groups is 2. The van der Waals surface area contributed by atoms with Crippen molar-refractivity contribution in [2.24, 2.45) is 0 Å². The predicted molar refractivity (Wildman–Crippen MR) is 71.4 cm³/mol. The van der Waals surface area contributed by atoms with E-state index in [-0.39, 0.29) is 24.6 Å². The second-order valence-corrected chi connectivity index (χ2v) is 6.37. The molecule has 112 valence electrons. The monoisotopic (exact) mass is 282 g/mol. The van der Waals surface area contributed by atoms with E-state index in [4.69, 9.17) is 9.84 Å². The molecule has 6 heteroatoms. The molecular formula is C14H22N2O4. The number of nitrogens with one attached hydrogen (secondary N) is 2. The average Bonchev–Trinajstić information content (AvgIpc) is 3.04. The molecule has 2 amide bonds. The van der Waals surface area contributed by atoms with Gasteiger partial charge in [-0.1, -0.05) is 12.8 Å². The minimum absolute atomic E-state index is 0.00758. The van der Waals surface area contributed by atoms with Crippen molar-refractivity contribution in [1.29, 1.82) is 0 Å². The topological polar surface area (TPSA) is 87.7 Å². The van der Waals surface area contributed by atoms with Crippen LogP contribution in [0.5, 0.6) is 0 Å². The van der Waals surface area contributed by atoms with Crippen LogP contribution in [0.4, 0.5) is 4.79 Å². The highest BCUT2D eigenvalue weighted by molar-refractivity contribution is 5.77. The number of hydrogen-bond donors (Lipinski definition) is 3. The number of carbonyl (C=O) groups excluding carboxylic acids is 1. The first kappa shape index (κ1) is 13.7. The molecule has 3 atom stereocenters. The first-order valence-electron chi connectivity index (χ1n) is 7.52. The lowest BCUT2D eigenvalue weighted by Crippen LogP contribution is -2.55. The van der Waals surface area contributed by atoms with Gasteiger partial charge in [-0.3, -0.25) is 4.79 Å². The number of fused-ring (bicyclic) bond motifs is 2. The fraction of sp³-hybridized carbons (Fsp3) is 0.857. The molecule has 2 heterocycles. The normalized spacial score (nSPS) is 34.1. The van der Waals surface area contributed by atoms with Gasteiger partial charge in [-0.25, -0.2) is 4.79 Å². The minimum atomic E-state index is -0.851. The van der Waals surface area contributed by atoms with Gasteiger partial charge in [0.25, 0.3) is 0 Å². The molecule has 0 radical (unpaired) electrons. The van der Waals surface area contributed by atoms with Gasteiger partial charge in [0.2, 0.25) is 0 Å². The van der Waals surface area contributed by atoms with E-state index in [1.54, 1.807) is 0 Å². The fourth-order valence-electron chi connectivity index (χ4n) is 3.92. The highest BCUT2D eigenvalue weighted by Crippen LogP contribution is 2.35. The molecule has 6 nitrogen and oxygen atoms in total. The van der Waals surface area contributed by atoms with E-state index in [9.17, 15) is 9.59 Å². The number of carboxylic acids is 1. The molecule has 3 rings (SSSR count). The first-order chi connectivity index (χ1) is 9.56. The highest BCUT2D eigenvalue weighted by atomic mass is 16.5. The van der Waals surface area contributed by atoms with Gasteiger partial charge in [0.15, 0.2) is 0 Å². The summed E-state index contributed by atoms with van der Waals surface area (Å²) in [6.45, 7) is 0. The third-order valence-corrected chi connectivity index (χ3v) is 4.85. The van der Waals surface area contributed by atoms with Crippen LogP contribution in [0.3, 0.4) is 0 Å². The second kappa shape index (κ2) is 5.24. The third kappa shape index (κ3) is 2.75. The summed E-state index contributed by atoms with van der Waals surface area (Å²) in [4.78, 5) is 23.1. The van der Waals surface area contributed by atoms with E-state index in [1.807, 2.05) is 0 Å². The summed E-state index contributed by atoms with van der Waals surface area (Å²) in [6, 6.07) is -0.161. The maximum atomic E-state index is 12.1. The summed E-state index contributed by atoms with van der Waals surface area (Å²) < 4.78 is 5.71. The molecule has 1 aliphatic carbocycles. The van der Waals surface area contributed by atoms with Crippen LogP contribution >= 0.6 is 0 Å². The number of urea groups is 1. The van der Waals surface area contributed by atoms with Crippen LogP contribution in [0, 0.1) is 0 Å². The van der Waals surface area contributed by atoms with Gasteiger partial charge in [-0.2, -0.15) is 0 Å². The molecule has 3 fully saturated rings. The third-order valence-electron chi connectivity index (χ3n) is 4.85. The maximum absolute atomic E-state index is 12.1. The molecule has 0 aromatic heterocycles. The van der Waals surface area contributed by atoms with E-state index >= 15 is 0 Å². The Bertz CT molecular complexity index is 406. The van der Waals surface area contributed by atoms with Crippen LogP contribution in [-0.2, 0) is 9.53 Å². The van der Waals surface area contributed by atoms with Gasteiger partial charge in [-0.15, -0.1) is 0 Å². The Labute approximate surface area is 118 Å². The van der Waals surface area contributed by atoms with Crippen molar-refractivity contribution in [2.75, 3.05) is 0 Å². The maximum Gasteiger partial charge on any atom is 0.315 e. The molecule has 3 aliphatic rings. The Morgan fingerprint density at radius 1 is 1.25 bits per heavy atom. The van der Waals surface area contributed by atoms with Crippen molar-refractivity contribution >= 4 is 12.0 Å². The van der Waals surface area contributed by atoms with Crippen molar-refractivity contribution in [1.82, 2.24) is 10.6 Å². The molecule has 20 heavy (non-hydrogen) atoms. The van der Waals surface area contributed by atoms with Crippen LogP contribution in [-0.4, -0.2) is 40.9 Å². The van der Waals surface area contributed by atoms with E-state index in [2.05, 4.69) is 10.6 Å². The number of ether oxygens (including phenoxy) is 1. The van der Waals surface area contributed by atoms with Crippen molar-refractivity contribution in [3.8, 4) is 0 Å². The Morgan fingerprint density at radius 3 is 2.55 bits per heavy atom. The van der Waals surface area contributed by atoms with Crippen LogP contribution in [0.25, 0.3) is 0 Å². The average molecular weight is 282 g/mol. The van der Waals surface area contributed by atoms with Crippen LogP contribution in [0.2, 0.25) is 0 Å². The summed E-state index contributed by atoms with van der Waals surface area (Å²) in [5.74, 6) is -0.851. The Balaban J connectivity index is 1.55. The SMILES string of the molecule is O=C(O)CC1(NC(=O)NC2CC3CCC2O3)CCCC1. The van der Waals surface area contributed by atoms with E-state index in [0.717, 1.165) is 44.9 Å². The zero-order valence-corrected chi connectivity index (χ0v) is 11.6. The second-order valence-electron chi connectivity index (χ2n) is 6.37. The van der Waals surface area contributed by atoms with Gasteiger partial charge in [0.1, 0.15) is 0 Å². The van der Waals surface area contributed by atoms with Crippen molar-refractivity contribution in [3.05, 3.63) is 0 Å². The molecule has 0 aromatic rings. The molecule has 2 aliphatic heterocycles. The van der Waals surface area contributed by atoms with Crippen molar-refractivity contribution < 1.29 is 19.4 Å². The van der Waals surface area contributed by atoms with E-state index in [1.165, 1.54) is 0 Å². The number of amides is 2. The number of carboxylic acid groups (broad SMARTS) is 1. The number of rotatable bonds is 4. The molecule has 1 saturated carbocycles. The zero-order valence-electron chi connectivity index (χ0n) is 11.6. The van der Waals surface area contributed by atoms with Gasteiger partial charge in [0.05, 0.1) is 30.2 Å². The zero-order chi connectivity index (χ0) is 14.2. The Kier molecular flexibility index (Phi) is 3.58. The predicted octanol–water partition coefficient (Wildman–Crippen LogP) is 1.39. The number of aliphatic carboxylic acids is 1. The molecule has 0 spiro atoms. The van der Waals surface area contributed by atoms with Gasteiger partial charge in [0, 0.05) is 0 Å². The fourth-order valence-corrected chi connectivity index (χ4v) is 3.92. The van der Waals surface area contributed by atoms with Crippen LogP contribution in [0.15, 0.2) is 0 Å². The standard InChI is InChI=1S/C14H22N2O4/c17-12(18)8-14(5-1-2-6-14)16-13(19)15-10-7-9-3-4-11(10)20-9/h9-11H,1-8H2,(H,17,18)(H2,15,16,19). The van der Waals surface area contributed by atoms with Gasteiger partial charge < -0.3 is 20.5 Å². The molecule has 2 saturated heterocycles. The quantitative estimate of drug-likeness (QED) is 0.727. The molecule has 0 aromatic carbocycles. The summed E-state index contributed by atoms with van der Waals surface area (Å²) in [5.41, 5.74) is -0.561. The molecule has 2 bridgehead atoms. The van der Waals surface area contributed by atoms with E-state index in [0.29, 0.717) is 6.10 Å². The summed E-state index contributed by atoms with van der Waals surface area (Å²) in [6.07, 6.45) is 6.88. The minimum Gasteiger partial charge on any atom is -0.481 e. The Hall–Kier alpha value is -1.30. The van der Waals surface area contributed by atoms with Crippen molar-refractivity contribution in [2.45, 2.75) is 75.2 Å². The molecule has 3 N–H and O–H groups in total. The number of hydrogen-bond acceptors (Lipinski definition) is 3. The smallest absolute Gasteiger partial charge is 0.315 e. The first-order valence-corrected chi connectivity index (χ1v) is 7.52. The van der Waals surface area contributed by atoms with Crippen LogP contribution < -0.4 is 10.6 Å². The van der Waals surface area contributed by atoms with Crippen molar-refractivity contribution in [3.63, 3.8) is 0 Å². The van der Waals surface area contributed by atoms with Gasteiger partial charge >= 0.3 is 12.0 Å². The van der Waals surface area contributed by atoms with Gasteiger partial charge in [-0.05, 0) is 32.1 Å². The van der Waals surface area contributed by atoms with Crippen LogP contribution in [0.1, 0.15) is 51.4 Å². The lowest BCUT2D eigenvalue weighted by Gasteiger charge is -2.30. The lowest BCUT2D eigenvalue weighted by atomic mass is 9.93. The Morgan fingerprint density at radius 2 is 2.00 bits per heavy atom. The molecule has 3 unspecified atom stereocenters. The summed E-state index contributed by atoms with van der Waals surface area (Å²) in [5, 5.41) is 14.9. The van der Waals surface area contributed by atoms with E-state index < -0.39 is 11.5 Å². The summed E-state index contributed by atoms with van der Waals surface area (Å²) >= 11 is 0. The highest BCUT2D eigenvalue weighted by Gasteiger charge is 2.43. The molecular weight excluding hydrogens is 260 g/mol. The lowest BCUT2D eigenvalue weighted by molar-refractivity contribution is -0.138.